The van der Waals surface area contributed by atoms with E-state index in [1.807, 2.05) is 42.5 Å². The highest BCUT2D eigenvalue weighted by molar-refractivity contribution is 5.60. The molecule has 0 saturated carbocycles. The van der Waals surface area contributed by atoms with Gasteiger partial charge in [0.05, 0.1) is 11.4 Å². The molecule has 0 spiro atoms. The van der Waals surface area contributed by atoms with E-state index < -0.39 is 0 Å². The van der Waals surface area contributed by atoms with Crippen molar-refractivity contribution in [3.63, 3.8) is 0 Å². The summed E-state index contributed by atoms with van der Waals surface area (Å²) in [6.45, 7) is 3.48. The molecule has 1 aliphatic carbocycles. The second-order valence-electron chi connectivity index (χ2n) is 5.66. The van der Waals surface area contributed by atoms with Crippen LogP contribution >= 0.6 is 0 Å². The predicted molar refractivity (Wildman–Crippen MR) is 89.5 cm³/mol. The first-order valence-electron chi connectivity index (χ1n) is 7.78. The van der Waals surface area contributed by atoms with Gasteiger partial charge in [-0.1, -0.05) is 18.2 Å². The third kappa shape index (κ3) is 2.82. The molecule has 0 unspecified atom stereocenters. The van der Waals surface area contributed by atoms with Crippen LogP contribution in [0.15, 0.2) is 54.6 Å². The molecule has 0 N–H and O–H groups in total. The van der Waals surface area contributed by atoms with Crippen molar-refractivity contribution < 1.29 is 4.39 Å². The van der Waals surface area contributed by atoms with Crippen LogP contribution in [0.1, 0.15) is 0 Å². The van der Waals surface area contributed by atoms with Crippen LogP contribution in [0.4, 0.5) is 16.0 Å². The van der Waals surface area contributed by atoms with Crippen molar-refractivity contribution in [3.8, 4) is 11.4 Å². The highest BCUT2D eigenvalue weighted by Gasteiger charge is 2.21. The Morgan fingerprint density at radius 2 is 1.26 bits per heavy atom. The number of hydrogen-bond acceptors (Lipinski definition) is 4. The van der Waals surface area contributed by atoms with E-state index in [2.05, 4.69) is 19.8 Å². The van der Waals surface area contributed by atoms with Crippen LogP contribution < -0.4 is 9.80 Å². The second kappa shape index (κ2) is 5.83. The second-order valence-corrected chi connectivity index (χ2v) is 5.66. The van der Waals surface area contributed by atoms with E-state index in [-0.39, 0.29) is 5.82 Å². The lowest BCUT2D eigenvalue weighted by atomic mass is 10.2. The zero-order valence-corrected chi connectivity index (χ0v) is 12.7. The van der Waals surface area contributed by atoms with E-state index in [1.165, 1.54) is 12.1 Å². The number of imidazole rings is 1. The van der Waals surface area contributed by atoms with Crippen molar-refractivity contribution in [2.24, 2.45) is 0 Å². The van der Waals surface area contributed by atoms with Crippen molar-refractivity contribution in [2.45, 2.75) is 0 Å². The van der Waals surface area contributed by atoms with Crippen molar-refractivity contribution >= 4 is 11.6 Å². The smallest absolute Gasteiger partial charge is 0.226 e. The van der Waals surface area contributed by atoms with Gasteiger partial charge in [-0.3, -0.25) is 0 Å². The molecule has 0 aromatic heterocycles. The molecule has 116 valence electrons. The van der Waals surface area contributed by atoms with E-state index in [1.54, 1.807) is 0 Å². The summed E-state index contributed by atoms with van der Waals surface area (Å²) in [6.07, 6.45) is 0. The van der Waals surface area contributed by atoms with Gasteiger partial charge in [-0.05, 0) is 36.4 Å². The first kappa shape index (κ1) is 13.9. The fourth-order valence-corrected chi connectivity index (χ4v) is 2.92. The summed E-state index contributed by atoms with van der Waals surface area (Å²) in [5.41, 5.74) is 2.91. The quantitative estimate of drug-likeness (QED) is 0.728. The summed E-state index contributed by atoms with van der Waals surface area (Å²) in [5.74, 6) is 0.599. The van der Waals surface area contributed by atoms with Crippen molar-refractivity contribution in [3.05, 3.63) is 60.4 Å². The summed E-state index contributed by atoms with van der Waals surface area (Å²) in [5, 5.41) is 0. The molecule has 0 amide bonds. The van der Waals surface area contributed by atoms with Gasteiger partial charge in [0.1, 0.15) is 5.82 Å². The van der Waals surface area contributed by atoms with Gasteiger partial charge in [-0.2, -0.15) is 0 Å². The Hall–Kier alpha value is -2.69. The molecule has 23 heavy (non-hydrogen) atoms. The number of anilines is 2. The van der Waals surface area contributed by atoms with Crippen LogP contribution in [0, 0.1) is 5.82 Å². The highest BCUT2D eigenvalue weighted by Crippen LogP contribution is 2.24. The van der Waals surface area contributed by atoms with E-state index in [4.69, 9.17) is 0 Å². The molecule has 1 fully saturated rings. The number of aromatic nitrogens is 2. The molecule has 0 bridgehead atoms. The SMILES string of the molecule is Fc1ccc(N2CCN(c3nc4cccccc-4n3)CC2)cc1. The maximum atomic E-state index is 13.0. The first-order valence-corrected chi connectivity index (χ1v) is 7.78. The normalized spacial score (nSPS) is 15.2. The van der Waals surface area contributed by atoms with Gasteiger partial charge in [0.25, 0.3) is 0 Å². The fourth-order valence-electron chi connectivity index (χ4n) is 2.92. The van der Waals surface area contributed by atoms with Gasteiger partial charge >= 0.3 is 0 Å². The largest absolute Gasteiger partial charge is 0.368 e. The van der Waals surface area contributed by atoms with Crippen molar-refractivity contribution in [2.75, 3.05) is 36.0 Å². The summed E-state index contributed by atoms with van der Waals surface area (Å²) in [7, 11) is 0. The molecule has 1 aromatic carbocycles. The van der Waals surface area contributed by atoms with Gasteiger partial charge in [0.2, 0.25) is 5.95 Å². The van der Waals surface area contributed by atoms with Crippen LogP contribution in [0.3, 0.4) is 0 Å². The lowest BCUT2D eigenvalue weighted by molar-refractivity contribution is 0.623. The maximum Gasteiger partial charge on any atom is 0.226 e. The molecule has 2 heterocycles. The molecule has 4 rings (SSSR count). The minimum atomic E-state index is -0.197. The average Bonchev–Trinajstić information content (AvgIpc) is 2.87. The van der Waals surface area contributed by atoms with E-state index in [9.17, 15) is 4.39 Å². The monoisotopic (exact) mass is 308 g/mol. The molecular formula is C18H17FN4. The molecule has 4 nitrogen and oxygen atoms in total. The Bertz CT molecular complexity index is 735. The van der Waals surface area contributed by atoms with Gasteiger partial charge in [-0.25, -0.2) is 14.4 Å². The summed E-state index contributed by atoms with van der Waals surface area (Å²) >= 11 is 0. The Balaban J connectivity index is 1.48. The fraction of sp³-hybridized carbons (Fsp3) is 0.222. The van der Waals surface area contributed by atoms with Crippen LogP contribution in [0.5, 0.6) is 0 Å². The van der Waals surface area contributed by atoms with Gasteiger partial charge in [0, 0.05) is 31.9 Å². The van der Waals surface area contributed by atoms with Gasteiger partial charge in [0.15, 0.2) is 0 Å². The zero-order valence-electron chi connectivity index (χ0n) is 12.7. The molecular weight excluding hydrogens is 291 g/mol. The Morgan fingerprint density at radius 1 is 0.696 bits per heavy atom. The number of benzene rings is 1. The van der Waals surface area contributed by atoms with Gasteiger partial charge in [-0.15, -0.1) is 0 Å². The zero-order chi connectivity index (χ0) is 15.6. The molecule has 1 saturated heterocycles. The Morgan fingerprint density at radius 3 is 1.87 bits per heavy atom. The molecule has 1 aromatic rings. The lowest BCUT2D eigenvalue weighted by Gasteiger charge is -2.35. The molecule has 2 aliphatic heterocycles. The Labute approximate surface area is 134 Å². The predicted octanol–water partition coefficient (Wildman–Crippen LogP) is 3.05. The lowest BCUT2D eigenvalue weighted by Crippen LogP contribution is -2.46. The highest BCUT2D eigenvalue weighted by atomic mass is 19.1. The van der Waals surface area contributed by atoms with Crippen molar-refractivity contribution in [1.82, 2.24) is 9.97 Å². The first-order chi connectivity index (χ1) is 11.3. The number of rotatable bonds is 2. The third-order valence-corrected chi connectivity index (χ3v) is 4.19. The van der Waals surface area contributed by atoms with Crippen LogP contribution in [0.2, 0.25) is 0 Å². The maximum absolute atomic E-state index is 13.0. The molecule has 0 atom stereocenters. The molecule has 3 aliphatic rings. The minimum absolute atomic E-state index is 0.197. The summed E-state index contributed by atoms with van der Waals surface area (Å²) in [4.78, 5) is 13.7. The number of halogens is 1. The van der Waals surface area contributed by atoms with E-state index >= 15 is 0 Å². The van der Waals surface area contributed by atoms with Crippen LogP contribution in [-0.4, -0.2) is 36.1 Å². The molecule has 0 radical (unpaired) electrons. The standard InChI is InChI=1S/C18H17FN4/c19-14-6-8-15(9-7-14)22-10-12-23(13-11-22)18-20-16-4-2-1-3-5-17(16)21-18/h1-9H,10-13H2. The van der Waals surface area contributed by atoms with Crippen molar-refractivity contribution in [1.29, 1.82) is 0 Å². The summed E-state index contributed by atoms with van der Waals surface area (Å²) < 4.78 is 13.0. The van der Waals surface area contributed by atoms with E-state index in [0.29, 0.717) is 0 Å². The minimum Gasteiger partial charge on any atom is -0.368 e. The third-order valence-electron chi connectivity index (χ3n) is 4.19. The summed E-state index contributed by atoms with van der Waals surface area (Å²) in [6, 6.07) is 16.6. The Kier molecular flexibility index (Phi) is 3.54. The van der Waals surface area contributed by atoms with Gasteiger partial charge < -0.3 is 9.80 Å². The van der Waals surface area contributed by atoms with Crippen LogP contribution in [0.25, 0.3) is 11.4 Å². The van der Waals surface area contributed by atoms with E-state index in [0.717, 1.165) is 49.2 Å². The number of piperazine rings is 1. The average molecular weight is 308 g/mol. The molecule has 5 heteroatoms. The number of nitrogens with zero attached hydrogens (tertiary/aromatic N) is 4. The number of hydrogen-bond donors (Lipinski definition) is 0. The number of fused-ring (bicyclic) bond motifs is 1. The topological polar surface area (TPSA) is 32.3 Å². The van der Waals surface area contributed by atoms with Crippen LogP contribution in [-0.2, 0) is 0 Å².